The summed E-state index contributed by atoms with van der Waals surface area (Å²) in [5.41, 5.74) is 1.70. The molecule has 1 unspecified atom stereocenters. The molecular weight excluding hydrogens is 495 g/mol. The number of para-hydroxylation sites is 1. The van der Waals surface area contributed by atoms with Crippen molar-refractivity contribution < 1.29 is 27.3 Å². The van der Waals surface area contributed by atoms with Gasteiger partial charge in [0.05, 0.1) is 11.4 Å². The Morgan fingerprint density at radius 2 is 1.59 bits per heavy atom. The van der Waals surface area contributed by atoms with Crippen LogP contribution in [-0.2, 0) is 18.1 Å². The average Bonchev–Trinajstić information content (AvgIpc) is 2.98. The largest absolute Gasteiger partial charge is 0.500 e. The Bertz CT molecular complexity index is 1100. The Balaban J connectivity index is 1.74. The molecule has 2 aromatic rings. The summed E-state index contributed by atoms with van der Waals surface area (Å²) in [4.78, 5) is 31.9. The molecule has 200 valence electrons. The highest BCUT2D eigenvalue weighted by Gasteiger charge is 2.39. The van der Waals surface area contributed by atoms with Crippen LogP contribution in [0.5, 0.6) is 0 Å². The number of nitrogens with one attached hydrogen (secondary N) is 2. The number of anilines is 1. The van der Waals surface area contributed by atoms with Crippen LogP contribution in [0.2, 0.25) is 6.04 Å². The molecule has 1 aliphatic heterocycles. The van der Waals surface area contributed by atoms with Gasteiger partial charge in [-0.2, -0.15) is 0 Å². The van der Waals surface area contributed by atoms with Crippen molar-refractivity contribution in [3.05, 3.63) is 65.5 Å². The van der Waals surface area contributed by atoms with Gasteiger partial charge in [0.1, 0.15) is 5.82 Å². The fourth-order valence-corrected chi connectivity index (χ4v) is 6.78. The predicted octanol–water partition coefficient (Wildman–Crippen LogP) is 3.70. The number of urea groups is 1. The monoisotopic (exact) mass is 530 g/mol. The van der Waals surface area contributed by atoms with Crippen molar-refractivity contribution in [2.24, 2.45) is 4.99 Å². The molecular formula is C26H35FN4O5Si. The van der Waals surface area contributed by atoms with E-state index in [1.54, 1.807) is 49.5 Å². The van der Waals surface area contributed by atoms with Gasteiger partial charge in [0.2, 0.25) is 6.17 Å². The minimum atomic E-state index is -2.81. The van der Waals surface area contributed by atoms with Gasteiger partial charge in [0.25, 0.3) is 5.91 Å². The second-order valence-electron chi connectivity index (χ2n) is 8.26. The van der Waals surface area contributed by atoms with Gasteiger partial charge in [-0.15, -0.1) is 0 Å². The Kier molecular flexibility index (Phi) is 10.3. The number of aliphatic imine (C=N–C) groups is 1. The van der Waals surface area contributed by atoms with Crippen molar-refractivity contribution in [1.29, 1.82) is 0 Å². The van der Waals surface area contributed by atoms with E-state index < -0.39 is 32.7 Å². The highest BCUT2D eigenvalue weighted by Crippen LogP contribution is 2.28. The number of benzodiazepines with no additional fused rings is 1. The molecule has 0 spiro atoms. The van der Waals surface area contributed by atoms with Crippen molar-refractivity contribution >= 4 is 32.1 Å². The standard InChI is InChI=1S/C26H35FN4O5Si/c1-5-34-37(35-6-2,36-7-3)18-12-17-28-26(33)30-24-25(32)31(4)22-16-11-9-14-20(22)23(29-24)19-13-8-10-15-21(19)27/h8-11,13-16,24H,5-7,12,17-18H2,1-4H3,(H2,28,30,33). The lowest BCUT2D eigenvalue weighted by Gasteiger charge is -2.28. The number of fused-ring (bicyclic) bond motifs is 1. The maximum Gasteiger partial charge on any atom is 0.500 e. The highest BCUT2D eigenvalue weighted by molar-refractivity contribution is 6.60. The van der Waals surface area contributed by atoms with E-state index >= 15 is 0 Å². The SMILES string of the molecule is CCO[Si](CCCNC(=O)NC1N=C(c2ccccc2F)c2ccccc2N(C)C1=O)(OCC)OCC. The lowest BCUT2D eigenvalue weighted by Crippen LogP contribution is -2.50. The zero-order chi connectivity index (χ0) is 26.8. The molecule has 1 aliphatic rings. The smallest absolute Gasteiger partial charge is 0.374 e. The number of benzene rings is 2. The second kappa shape index (κ2) is 13.4. The van der Waals surface area contributed by atoms with Gasteiger partial charge >= 0.3 is 14.8 Å². The molecule has 0 radical (unpaired) electrons. The van der Waals surface area contributed by atoms with E-state index in [1.807, 2.05) is 20.8 Å². The van der Waals surface area contributed by atoms with Gasteiger partial charge in [0, 0.05) is 50.6 Å². The van der Waals surface area contributed by atoms with E-state index in [-0.39, 0.29) is 11.3 Å². The Morgan fingerprint density at radius 3 is 2.22 bits per heavy atom. The topological polar surface area (TPSA) is 101 Å². The molecule has 2 N–H and O–H groups in total. The number of nitrogens with zero attached hydrogens (tertiary/aromatic N) is 2. The van der Waals surface area contributed by atoms with Crippen molar-refractivity contribution in [3.8, 4) is 0 Å². The van der Waals surface area contributed by atoms with Crippen LogP contribution in [-0.4, -0.2) is 66.0 Å². The summed E-state index contributed by atoms with van der Waals surface area (Å²) >= 11 is 0. The van der Waals surface area contributed by atoms with E-state index in [0.29, 0.717) is 50.1 Å². The fourth-order valence-electron chi connectivity index (χ4n) is 4.17. The summed E-state index contributed by atoms with van der Waals surface area (Å²) in [6, 6.07) is 13.3. The molecule has 11 heteroatoms. The zero-order valence-corrected chi connectivity index (χ0v) is 22.8. The molecule has 9 nitrogen and oxygen atoms in total. The lowest BCUT2D eigenvalue weighted by atomic mass is 10.00. The number of amides is 3. The first-order chi connectivity index (χ1) is 17.9. The molecule has 37 heavy (non-hydrogen) atoms. The summed E-state index contributed by atoms with van der Waals surface area (Å²) in [6.45, 7) is 7.41. The van der Waals surface area contributed by atoms with E-state index in [4.69, 9.17) is 13.3 Å². The maximum absolute atomic E-state index is 14.7. The minimum Gasteiger partial charge on any atom is -0.374 e. The van der Waals surface area contributed by atoms with Crippen LogP contribution in [0.25, 0.3) is 0 Å². The molecule has 0 fully saturated rings. The fraction of sp³-hybridized carbons (Fsp3) is 0.423. The molecule has 0 aromatic heterocycles. The van der Waals surface area contributed by atoms with Crippen molar-refractivity contribution in [1.82, 2.24) is 10.6 Å². The van der Waals surface area contributed by atoms with Crippen molar-refractivity contribution in [3.63, 3.8) is 0 Å². The third kappa shape index (κ3) is 7.01. The number of hydrogen-bond acceptors (Lipinski definition) is 6. The Morgan fingerprint density at radius 1 is 1.00 bits per heavy atom. The minimum absolute atomic E-state index is 0.245. The van der Waals surface area contributed by atoms with Gasteiger partial charge in [-0.25, -0.2) is 14.2 Å². The third-order valence-electron chi connectivity index (χ3n) is 5.78. The van der Waals surface area contributed by atoms with Crippen LogP contribution >= 0.6 is 0 Å². The molecule has 1 atom stereocenters. The van der Waals surface area contributed by atoms with Crippen molar-refractivity contribution in [2.75, 3.05) is 38.3 Å². The number of carbonyl (C=O) groups is 2. The van der Waals surface area contributed by atoms with Crippen LogP contribution < -0.4 is 15.5 Å². The van der Waals surface area contributed by atoms with Crippen LogP contribution in [0.1, 0.15) is 38.3 Å². The van der Waals surface area contributed by atoms with E-state index in [9.17, 15) is 14.0 Å². The molecule has 0 bridgehead atoms. The molecule has 3 rings (SSSR count). The van der Waals surface area contributed by atoms with Crippen LogP contribution in [0, 0.1) is 5.82 Å². The van der Waals surface area contributed by atoms with Gasteiger partial charge < -0.3 is 28.8 Å². The molecule has 3 amide bonds. The normalized spacial score (nSPS) is 15.6. The van der Waals surface area contributed by atoms with Crippen molar-refractivity contribution in [2.45, 2.75) is 39.4 Å². The Labute approximate surface area is 218 Å². The molecule has 1 heterocycles. The maximum atomic E-state index is 14.7. The number of likely N-dealkylation sites (N-methyl/N-ethyl adjacent to an activating group) is 1. The van der Waals surface area contributed by atoms with Crippen LogP contribution in [0.15, 0.2) is 53.5 Å². The summed E-state index contributed by atoms with van der Waals surface area (Å²) in [6.07, 6.45) is -0.677. The summed E-state index contributed by atoms with van der Waals surface area (Å²) in [7, 11) is -1.21. The quantitative estimate of drug-likeness (QED) is 0.322. The Hall–Kier alpha value is -3.12. The zero-order valence-electron chi connectivity index (χ0n) is 21.8. The summed E-state index contributed by atoms with van der Waals surface area (Å²) in [5.74, 6) is -0.911. The first-order valence-electron chi connectivity index (χ1n) is 12.5. The molecule has 0 saturated carbocycles. The number of rotatable bonds is 12. The predicted molar refractivity (Wildman–Crippen MR) is 142 cm³/mol. The number of hydrogen-bond donors (Lipinski definition) is 2. The van der Waals surface area contributed by atoms with E-state index in [2.05, 4.69) is 15.6 Å². The number of halogens is 1. The third-order valence-corrected chi connectivity index (χ3v) is 8.93. The first kappa shape index (κ1) is 28.4. The highest BCUT2D eigenvalue weighted by atomic mass is 28.4. The molecule has 0 saturated heterocycles. The average molecular weight is 531 g/mol. The summed E-state index contributed by atoms with van der Waals surface area (Å²) in [5, 5.41) is 5.40. The number of carbonyl (C=O) groups excluding carboxylic acids is 2. The lowest BCUT2D eigenvalue weighted by molar-refractivity contribution is -0.119. The van der Waals surface area contributed by atoms with Crippen LogP contribution in [0.3, 0.4) is 0 Å². The second-order valence-corrected chi connectivity index (χ2v) is 11.0. The molecule has 2 aromatic carbocycles. The van der Waals surface area contributed by atoms with Gasteiger partial charge in [-0.05, 0) is 45.4 Å². The van der Waals surface area contributed by atoms with E-state index in [0.717, 1.165) is 0 Å². The van der Waals surface area contributed by atoms with E-state index in [1.165, 1.54) is 11.0 Å². The summed E-state index contributed by atoms with van der Waals surface area (Å²) < 4.78 is 32.3. The first-order valence-corrected chi connectivity index (χ1v) is 14.4. The van der Waals surface area contributed by atoms with Crippen LogP contribution in [0.4, 0.5) is 14.9 Å². The molecule has 0 aliphatic carbocycles. The van der Waals surface area contributed by atoms with Gasteiger partial charge in [-0.3, -0.25) is 4.79 Å². The van der Waals surface area contributed by atoms with Gasteiger partial charge in [0.15, 0.2) is 0 Å². The van der Waals surface area contributed by atoms with Gasteiger partial charge in [-0.1, -0.05) is 30.3 Å².